The molecule has 18 heavy (non-hydrogen) atoms. The van der Waals surface area contributed by atoms with E-state index in [1.807, 2.05) is 12.1 Å². The van der Waals surface area contributed by atoms with Crippen LogP contribution >= 0.6 is 15.9 Å². The van der Waals surface area contributed by atoms with Crippen molar-refractivity contribution in [3.8, 4) is 5.75 Å². The van der Waals surface area contributed by atoms with Gasteiger partial charge in [-0.3, -0.25) is 0 Å². The maximum atomic E-state index is 9.49. The molecule has 1 aromatic carbocycles. The minimum absolute atomic E-state index is 0.322. The predicted octanol–water partition coefficient (Wildman–Crippen LogP) is 4.46. The third kappa shape index (κ3) is 3.99. The van der Waals surface area contributed by atoms with Crippen molar-refractivity contribution in [3.05, 3.63) is 28.2 Å². The van der Waals surface area contributed by atoms with Gasteiger partial charge in [0.05, 0.1) is 0 Å². The summed E-state index contributed by atoms with van der Waals surface area (Å²) in [7, 11) is 0. The van der Waals surface area contributed by atoms with Crippen molar-refractivity contribution >= 4 is 15.9 Å². The van der Waals surface area contributed by atoms with Gasteiger partial charge in [-0.15, -0.1) is 0 Å². The topological polar surface area (TPSA) is 32.3 Å². The van der Waals surface area contributed by atoms with E-state index in [2.05, 4.69) is 42.0 Å². The highest BCUT2D eigenvalue weighted by Gasteiger charge is 2.23. The number of phenols is 1. The van der Waals surface area contributed by atoms with Crippen molar-refractivity contribution < 1.29 is 5.11 Å². The highest BCUT2D eigenvalue weighted by atomic mass is 79.9. The first-order valence-electron chi connectivity index (χ1n) is 6.75. The Morgan fingerprint density at radius 3 is 2.33 bits per heavy atom. The quantitative estimate of drug-likeness (QED) is 0.779. The molecule has 0 aliphatic rings. The minimum atomic E-state index is 0.322. The van der Waals surface area contributed by atoms with Gasteiger partial charge in [-0.05, 0) is 48.4 Å². The number of aromatic hydroxyl groups is 1. The molecule has 1 rings (SSSR count). The Morgan fingerprint density at radius 1 is 1.17 bits per heavy atom. The van der Waals surface area contributed by atoms with Gasteiger partial charge in [0.15, 0.2) is 0 Å². The van der Waals surface area contributed by atoms with Crippen molar-refractivity contribution in [2.45, 2.75) is 46.6 Å². The van der Waals surface area contributed by atoms with Crippen molar-refractivity contribution in [3.63, 3.8) is 0 Å². The van der Waals surface area contributed by atoms with Gasteiger partial charge in [0.2, 0.25) is 0 Å². The van der Waals surface area contributed by atoms with Gasteiger partial charge in [-0.2, -0.15) is 0 Å². The van der Waals surface area contributed by atoms with Gasteiger partial charge in [-0.25, -0.2) is 0 Å². The highest BCUT2D eigenvalue weighted by Crippen LogP contribution is 2.29. The summed E-state index contributed by atoms with van der Waals surface area (Å²) in [5, 5.41) is 13.0. The lowest BCUT2D eigenvalue weighted by Crippen LogP contribution is -2.32. The van der Waals surface area contributed by atoms with Gasteiger partial charge >= 0.3 is 0 Å². The second-order valence-corrected chi connectivity index (χ2v) is 5.79. The summed E-state index contributed by atoms with van der Waals surface area (Å²) in [6.45, 7) is 8.60. The first kappa shape index (κ1) is 15.5. The number of benzene rings is 1. The van der Waals surface area contributed by atoms with Crippen LogP contribution < -0.4 is 5.32 Å². The highest BCUT2D eigenvalue weighted by molar-refractivity contribution is 9.10. The molecule has 0 radical (unpaired) electrons. The van der Waals surface area contributed by atoms with E-state index >= 15 is 0 Å². The molecule has 1 aromatic rings. The number of rotatable bonds is 7. The lowest BCUT2D eigenvalue weighted by molar-refractivity contribution is 0.237. The van der Waals surface area contributed by atoms with Crippen molar-refractivity contribution in [1.82, 2.24) is 5.32 Å². The molecule has 0 heterocycles. The Labute approximate surface area is 119 Å². The van der Waals surface area contributed by atoms with E-state index in [9.17, 15) is 5.11 Å². The zero-order chi connectivity index (χ0) is 13.6. The van der Waals surface area contributed by atoms with Gasteiger partial charge in [0.25, 0.3) is 0 Å². The van der Waals surface area contributed by atoms with Crippen LogP contribution in [0, 0.1) is 5.41 Å². The molecule has 0 aliphatic carbocycles. The van der Waals surface area contributed by atoms with E-state index in [-0.39, 0.29) is 0 Å². The second kappa shape index (κ2) is 7.15. The van der Waals surface area contributed by atoms with Crippen LogP contribution in [-0.4, -0.2) is 11.7 Å². The van der Waals surface area contributed by atoms with Gasteiger partial charge in [0.1, 0.15) is 5.75 Å². The molecule has 0 aliphatic heterocycles. The third-order valence-corrected chi connectivity index (χ3v) is 4.87. The molecule has 102 valence electrons. The molecule has 2 N–H and O–H groups in total. The molecule has 2 nitrogen and oxygen atoms in total. The maximum absolute atomic E-state index is 9.49. The van der Waals surface area contributed by atoms with Crippen LogP contribution in [0.4, 0.5) is 0 Å². The molecular formula is C15H24BrNO. The summed E-state index contributed by atoms with van der Waals surface area (Å²) in [4.78, 5) is 0. The number of phenolic OH excluding ortho intramolecular Hbond substituents is 1. The van der Waals surface area contributed by atoms with Crippen LogP contribution in [0.25, 0.3) is 0 Å². The monoisotopic (exact) mass is 313 g/mol. The number of hydrogen-bond donors (Lipinski definition) is 2. The smallest absolute Gasteiger partial charge is 0.115 e. The van der Waals surface area contributed by atoms with Crippen molar-refractivity contribution in [2.75, 3.05) is 6.54 Å². The first-order valence-corrected chi connectivity index (χ1v) is 7.54. The van der Waals surface area contributed by atoms with E-state index in [4.69, 9.17) is 0 Å². The summed E-state index contributed by atoms with van der Waals surface area (Å²) in [6, 6.07) is 5.39. The Kier molecular flexibility index (Phi) is 6.16. The van der Waals surface area contributed by atoms with E-state index < -0.39 is 0 Å². The number of hydrogen-bond acceptors (Lipinski definition) is 2. The molecular weight excluding hydrogens is 290 g/mol. The first-order chi connectivity index (χ1) is 8.56. The van der Waals surface area contributed by atoms with E-state index in [1.54, 1.807) is 6.07 Å². The second-order valence-electron chi connectivity index (χ2n) is 4.94. The van der Waals surface area contributed by atoms with Crippen molar-refractivity contribution in [2.24, 2.45) is 5.41 Å². The van der Waals surface area contributed by atoms with E-state index in [0.717, 1.165) is 23.1 Å². The van der Waals surface area contributed by atoms with Gasteiger partial charge in [-0.1, -0.05) is 36.7 Å². The molecule has 0 amide bonds. The van der Waals surface area contributed by atoms with Crippen LogP contribution in [-0.2, 0) is 6.54 Å². The zero-order valence-corrected chi connectivity index (χ0v) is 13.2. The minimum Gasteiger partial charge on any atom is -0.508 e. The van der Waals surface area contributed by atoms with E-state index in [0.29, 0.717) is 11.2 Å². The summed E-state index contributed by atoms with van der Waals surface area (Å²) < 4.78 is 1.04. The number of nitrogens with one attached hydrogen (secondary N) is 1. The Hall–Kier alpha value is -0.540. The van der Waals surface area contributed by atoms with Crippen LogP contribution in [0.15, 0.2) is 22.7 Å². The zero-order valence-electron chi connectivity index (χ0n) is 11.6. The molecule has 0 atom stereocenters. The Morgan fingerprint density at radius 2 is 1.78 bits per heavy atom. The predicted molar refractivity (Wildman–Crippen MR) is 80.8 cm³/mol. The van der Waals surface area contributed by atoms with Crippen LogP contribution in [0.3, 0.4) is 0 Å². The van der Waals surface area contributed by atoms with Crippen LogP contribution in [0.2, 0.25) is 0 Å². The van der Waals surface area contributed by atoms with E-state index in [1.165, 1.54) is 19.3 Å². The van der Waals surface area contributed by atoms with Crippen LogP contribution in [0.1, 0.15) is 45.6 Å². The Bertz CT molecular complexity index is 366. The molecule has 0 fully saturated rings. The standard InChI is InChI=1S/C15H24BrNO/c1-4-15(5-2,6-3)11-17-10-12-9-13(18)7-8-14(12)16/h7-9,17-18H,4-6,10-11H2,1-3H3. The molecule has 0 unspecified atom stereocenters. The molecule has 0 saturated carbocycles. The van der Waals surface area contributed by atoms with Gasteiger partial charge in [0, 0.05) is 17.6 Å². The van der Waals surface area contributed by atoms with Crippen molar-refractivity contribution in [1.29, 1.82) is 0 Å². The fraction of sp³-hybridized carbons (Fsp3) is 0.600. The molecule has 3 heteroatoms. The lowest BCUT2D eigenvalue weighted by atomic mass is 9.80. The number of halogens is 1. The fourth-order valence-corrected chi connectivity index (χ4v) is 2.67. The Balaban J connectivity index is 2.57. The summed E-state index contributed by atoms with van der Waals surface area (Å²) in [5.41, 5.74) is 1.51. The lowest BCUT2D eigenvalue weighted by Gasteiger charge is -2.30. The van der Waals surface area contributed by atoms with Gasteiger partial charge < -0.3 is 10.4 Å². The molecule has 0 bridgehead atoms. The fourth-order valence-electron chi connectivity index (χ4n) is 2.28. The summed E-state index contributed by atoms with van der Waals surface area (Å²) >= 11 is 3.51. The largest absolute Gasteiger partial charge is 0.508 e. The normalized spacial score (nSPS) is 11.8. The van der Waals surface area contributed by atoms with Crippen LogP contribution in [0.5, 0.6) is 5.75 Å². The maximum Gasteiger partial charge on any atom is 0.115 e. The third-order valence-electron chi connectivity index (χ3n) is 4.09. The summed E-state index contributed by atoms with van der Waals surface area (Å²) in [6.07, 6.45) is 3.61. The average Bonchev–Trinajstić information content (AvgIpc) is 2.39. The average molecular weight is 314 g/mol. The molecule has 0 saturated heterocycles. The SMILES string of the molecule is CCC(CC)(CC)CNCc1cc(O)ccc1Br. The molecule has 0 spiro atoms. The molecule has 0 aromatic heterocycles. The summed E-state index contributed by atoms with van der Waals surface area (Å²) in [5.74, 6) is 0.322.